The summed E-state index contributed by atoms with van der Waals surface area (Å²) >= 11 is 0. The minimum absolute atomic E-state index is 0.0782. The van der Waals surface area contributed by atoms with Gasteiger partial charge in [0.1, 0.15) is 42.0 Å². The Hall–Kier alpha value is -5.08. The zero-order chi connectivity index (χ0) is 43.3. The van der Waals surface area contributed by atoms with Crippen molar-refractivity contribution in [1.29, 1.82) is 0 Å². The second-order valence-corrected chi connectivity index (χ2v) is 12.5. The maximum absolute atomic E-state index is 15.0. The van der Waals surface area contributed by atoms with Crippen molar-refractivity contribution >= 4 is 11.4 Å². The number of hydrogen-bond acceptors (Lipinski definition) is 9. The van der Waals surface area contributed by atoms with Crippen molar-refractivity contribution in [2.45, 2.75) is 50.8 Å². The molecule has 0 saturated carbocycles. The Morgan fingerprint density at radius 2 is 1.73 bits per heavy atom. The Bertz CT molecular complexity index is 2290. The summed E-state index contributed by atoms with van der Waals surface area (Å²) in [4.78, 5) is 21.8. The number of rotatable bonds is 12. The van der Waals surface area contributed by atoms with Crippen LogP contribution in [0.5, 0.6) is 5.75 Å². The van der Waals surface area contributed by atoms with E-state index in [1.807, 2.05) is 24.3 Å². The first-order valence-corrected chi connectivity index (χ1v) is 16.3. The fourth-order valence-corrected chi connectivity index (χ4v) is 6.72. The fourth-order valence-electron chi connectivity index (χ4n) is 6.72. The SMILES string of the molecule is [2H]C([2H])([2H])C([2H])([2H])[C@H](n1ncn(-c2ccc(N3CCN(c4ccc(OC[C@@H]5CO[C@@](Cn6cncn6)(c6ccc(F)cc6F)C5)cc4)CC3)cc2)c1=O)[C@@]([2H])(O)C([2H])([2H])[2H]. The van der Waals surface area contributed by atoms with Crippen LogP contribution in [0.2, 0.25) is 0 Å². The highest BCUT2D eigenvalue weighted by atomic mass is 19.1. The molecule has 12 nitrogen and oxygen atoms in total. The largest absolute Gasteiger partial charge is 0.493 e. The van der Waals surface area contributed by atoms with Gasteiger partial charge < -0.3 is 24.4 Å². The average molecular weight is 710 g/mol. The van der Waals surface area contributed by atoms with Gasteiger partial charge in [-0.3, -0.25) is 0 Å². The van der Waals surface area contributed by atoms with E-state index >= 15 is 4.39 Å². The molecule has 2 fully saturated rings. The monoisotopic (exact) mass is 709 g/mol. The van der Waals surface area contributed by atoms with Crippen LogP contribution in [-0.4, -0.2) is 79.7 Å². The molecule has 0 bridgehead atoms. The Morgan fingerprint density at radius 3 is 2.37 bits per heavy atom. The van der Waals surface area contributed by atoms with Gasteiger partial charge in [0, 0.05) is 66.1 Å². The van der Waals surface area contributed by atoms with Gasteiger partial charge in [-0.15, -0.1) is 0 Å². The molecule has 0 radical (unpaired) electrons. The van der Waals surface area contributed by atoms with Crippen LogP contribution in [-0.2, 0) is 16.9 Å². The van der Waals surface area contributed by atoms with Gasteiger partial charge in [0.05, 0.1) is 38.9 Å². The lowest BCUT2D eigenvalue weighted by Crippen LogP contribution is -2.46. The molecule has 4 heterocycles. The number of aromatic nitrogens is 6. The third-order valence-corrected chi connectivity index (χ3v) is 9.31. The van der Waals surface area contributed by atoms with Gasteiger partial charge in [-0.25, -0.2) is 32.5 Å². The van der Waals surface area contributed by atoms with E-state index in [1.54, 1.807) is 28.9 Å². The van der Waals surface area contributed by atoms with Gasteiger partial charge in [-0.1, -0.05) is 12.9 Å². The number of piperazine rings is 1. The Labute approximate surface area is 307 Å². The smallest absolute Gasteiger partial charge is 0.350 e. The molecule has 2 saturated heterocycles. The lowest BCUT2D eigenvalue weighted by molar-refractivity contribution is -0.0206. The molecule has 14 heteroatoms. The first-order valence-electron chi connectivity index (χ1n) is 20.8. The summed E-state index contributed by atoms with van der Waals surface area (Å²) in [5.74, 6) is -0.789. The number of ether oxygens (including phenoxy) is 2. The fraction of sp³-hybridized carbons (Fsp3) is 0.405. The van der Waals surface area contributed by atoms with Crippen molar-refractivity contribution in [2.24, 2.45) is 5.92 Å². The standard InChI is InChI=1S/C37H42F2N8O4/c1-3-35(26(2)48)47-36(49)46(25-42-47)31-7-5-29(6-8-31)43-14-16-44(17-15-43)30-9-11-32(12-10-30)50-20-27-19-37(51-21-27,22-45-24-40-23-41-45)33-13-4-28(38)18-34(33)39/h4-13,18,23-27,35,48H,3,14-17,19-22H2,1-2H3/t26-,27+,35-,37-/m0/s1/i1D3,2D3,3D2,26D. The predicted octanol–water partition coefficient (Wildman–Crippen LogP) is 4.57. The average Bonchev–Trinajstić information content (AvgIpc) is 3.95. The van der Waals surface area contributed by atoms with Crippen LogP contribution in [0.4, 0.5) is 20.2 Å². The summed E-state index contributed by atoms with van der Waals surface area (Å²) in [6.45, 7) is -3.60. The van der Waals surface area contributed by atoms with E-state index in [-0.39, 0.29) is 28.4 Å². The van der Waals surface area contributed by atoms with Crippen LogP contribution < -0.4 is 20.2 Å². The van der Waals surface area contributed by atoms with Crippen molar-refractivity contribution in [3.05, 3.63) is 113 Å². The molecule has 7 rings (SSSR count). The van der Waals surface area contributed by atoms with Crippen molar-refractivity contribution in [1.82, 2.24) is 29.1 Å². The van der Waals surface area contributed by atoms with E-state index in [2.05, 4.69) is 25.0 Å². The molecule has 2 aromatic heterocycles. The molecule has 0 aliphatic carbocycles. The molecule has 3 aromatic carbocycles. The minimum Gasteiger partial charge on any atom is -0.493 e. The molecule has 1 N–H and O–H groups in total. The third kappa shape index (κ3) is 7.24. The number of nitrogens with zero attached hydrogens (tertiary/aromatic N) is 8. The number of aliphatic hydroxyl groups is 1. The normalized spacial score (nSPS) is 24.5. The summed E-state index contributed by atoms with van der Waals surface area (Å²) in [5, 5.41) is 18.6. The van der Waals surface area contributed by atoms with Gasteiger partial charge >= 0.3 is 5.69 Å². The van der Waals surface area contributed by atoms with Crippen molar-refractivity contribution in [3.63, 3.8) is 0 Å². The lowest BCUT2D eigenvalue weighted by Gasteiger charge is -2.37. The molecule has 0 amide bonds. The number of benzene rings is 3. The third-order valence-electron chi connectivity index (χ3n) is 9.31. The van der Waals surface area contributed by atoms with Crippen LogP contribution >= 0.6 is 0 Å². The van der Waals surface area contributed by atoms with E-state index in [1.165, 1.54) is 24.8 Å². The van der Waals surface area contributed by atoms with Crippen molar-refractivity contribution in [2.75, 3.05) is 49.2 Å². The lowest BCUT2D eigenvalue weighted by atomic mass is 9.87. The molecule has 4 atom stereocenters. The molecule has 0 unspecified atom stereocenters. The Balaban J connectivity index is 0.954. The maximum atomic E-state index is 15.0. The second kappa shape index (κ2) is 14.6. The van der Waals surface area contributed by atoms with Gasteiger partial charge in [0.15, 0.2) is 0 Å². The van der Waals surface area contributed by atoms with Gasteiger partial charge in [-0.2, -0.15) is 10.2 Å². The van der Waals surface area contributed by atoms with Crippen LogP contribution in [0, 0.1) is 17.6 Å². The van der Waals surface area contributed by atoms with Crippen molar-refractivity contribution < 1.29 is 35.7 Å². The molecule has 2 aliphatic heterocycles. The number of hydrogen-bond donors (Lipinski definition) is 1. The highest BCUT2D eigenvalue weighted by molar-refractivity contribution is 5.54. The maximum Gasteiger partial charge on any atom is 0.350 e. The number of anilines is 2. The quantitative estimate of drug-likeness (QED) is 0.199. The number of halogens is 2. The van der Waals surface area contributed by atoms with Crippen LogP contribution in [0.1, 0.15) is 50.4 Å². The topological polar surface area (TPSA) is 116 Å². The molecular weight excluding hydrogens is 658 g/mol. The van der Waals surface area contributed by atoms with Crippen molar-refractivity contribution in [3.8, 4) is 11.4 Å². The first-order chi connectivity index (χ1) is 28.2. The second-order valence-electron chi connectivity index (χ2n) is 12.5. The molecule has 2 aliphatic rings. The van der Waals surface area contributed by atoms with Gasteiger partial charge in [0.2, 0.25) is 0 Å². The van der Waals surface area contributed by atoms with Gasteiger partial charge in [0.25, 0.3) is 0 Å². The minimum atomic E-state index is -3.73. The van der Waals surface area contributed by atoms with E-state index in [4.69, 9.17) is 21.8 Å². The van der Waals surface area contributed by atoms with Crippen LogP contribution in [0.15, 0.2) is 90.5 Å². The van der Waals surface area contributed by atoms with E-state index in [9.17, 15) is 14.3 Å². The molecular formula is C37H42F2N8O4. The summed E-state index contributed by atoms with van der Waals surface area (Å²) < 4.78 is 114. The van der Waals surface area contributed by atoms with E-state index in [0.29, 0.717) is 51.6 Å². The summed E-state index contributed by atoms with van der Waals surface area (Å²) in [5.41, 5.74) is 0.112. The summed E-state index contributed by atoms with van der Waals surface area (Å²) in [6, 6.07) is 15.2. The van der Waals surface area contributed by atoms with E-state index < -0.39 is 55.1 Å². The molecule has 268 valence electrons. The highest BCUT2D eigenvalue weighted by Crippen LogP contribution is 2.42. The Kier molecular flexibility index (Phi) is 7.17. The predicted molar refractivity (Wildman–Crippen MR) is 187 cm³/mol. The van der Waals surface area contributed by atoms with Crippen LogP contribution in [0.3, 0.4) is 0 Å². The molecule has 5 aromatic rings. The first kappa shape index (κ1) is 25.0. The molecule has 0 spiro atoms. The van der Waals surface area contributed by atoms with E-state index in [0.717, 1.165) is 28.3 Å². The van der Waals surface area contributed by atoms with Crippen LogP contribution in [0.25, 0.3) is 5.69 Å². The highest BCUT2D eigenvalue weighted by Gasteiger charge is 2.44. The zero-order valence-corrected chi connectivity index (χ0v) is 27.4. The van der Waals surface area contributed by atoms with Gasteiger partial charge in [-0.05, 0) is 74.2 Å². The summed E-state index contributed by atoms with van der Waals surface area (Å²) in [7, 11) is 0. The zero-order valence-electron chi connectivity index (χ0n) is 36.4. The molecule has 51 heavy (non-hydrogen) atoms. The summed E-state index contributed by atoms with van der Waals surface area (Å²) in [6.07, 6.45) is -3.00. The Morgan fingerprint density at radius 1 is 1.02 bits per heavy atom.